The van der Waals surface area contributed by atoms with Gasteiger partial charge in [0.2, 0.25) is 0 Å². The van der Waals surface area contributed by atoms with Gasteiger partial charge in [-0.3, -0.25) is 4.79 Å². The second-order valence-corrected chi connectivity index (χ2v) is 6.15. The number of halogens is 1. The van der Waals surface area contributed by atoms with E-state index >= 15 is 0 Å². The predicted octanol–water partition coefficient (Wildman–Crippen LogP) is 4.53. The lowest BCUT2D eigenvalue weighted by Crippen LogP contribution is -2.27. The Kier molecular flexibility index (Phi) is 7.27. The average Bonchev–Trinajstić information content (AvgIpc) is 2.68. The van der Waals surface area contributed by atoms with E-state index in [9.17, 15) is 10.1 Å². The van der Waals surface area contributed by atoms with Crippen molar-refractivity contribution in [2.45, 2.75) is 19.9 Å². The number of ether oxygens (including phenoxy) is 2. The molecule has 0 fully saturated rings. The Morgan fingerprint density at radius 1 is 1.33 bits per heavy atom. The molecule has 1 amide bonds. The van der Waals surface area contributed by atoms with E-state index in [-0.39, 0.29) is 11.6 Å². The van der Waals surface area contributed by atoms with E-state index in [4.69, 9.17) is 21.1 Å². The second kappa shape index (κ2) is 9.65. The van der Waals surface area contributed by atoms with Gasteiger partial charge >= 0.3 is 0 Å². The molecule has 0 aromatic heterocycles. The SMILES string of the molecule is CCOc1c(Cl)cc(/C=C(/C#N)C(=O)N[C@H](C)c2ccccc2)cc1OC. The summed E-state index contributed by atoms with van der Waals surface area (Å²) in [4.78, 5) is 12.5. The highest BCUT2D eigenvalue weighted by Crippen LogP contribution is 2.37. The molecule has 0 unspecified atom stereocenters. The van der Waals surface area contributed by atoms with Crippen LogP contribution in [0.5, 0.6) is 11.5 Å². The molecule has 140 valence electrons. The number of rotatable bonds is 7. The first kappa shape index (κ1) is 20.3. The molecule has 2 rings (SSSR count). The maximum Gasteiger partial charge on any atom is 0.262 e. The summed E-state index contributed by atoms with van der Waals surface area (Å²) in [7, 11) is 1.50. The van der Waals surface area contributed by atoms with Crippen molar-refractivity contribution >= 4 is 23.6 Å². The van der Waals surface area contributed by atoms with Gasteiger partial charge in [-0.05, 0) is 43.2 Å². The van der Waals surface area contributed by atoms with Crippen molar-refractivity contribution in [3.63, 3.8) is 0 Å². The van der Waals surface area contributed by atoms with E-state index in [1.165, 1.54) is 13.2 Å². The number of nitriles is 1. The molecule has 0 radical (unpaired) electrons. The standard InChI is InChI=1S/C21H21ClN2O3/c1-4-27-20-18(22)11-15(12-19(20)26-3)10-17(13-23)21(25)24-14(2)16-8-6-5-7-9-16/h5-12,14H,4H2,1-3H3,(H,24,25)/b17-10-/t14-/m1/s1. The molecule has 2 aromatic rings. The second-order valence-electron chi connectivity index (χ2n) is 5.74. The summed E-state index contributed by atoms with van der Waals surface area (Å²) in [5.41, 5.74) is 1.49. The highest BCUT2D eigenvalue weighted by molar-refractivity contribution is 6.32. The van der Waals surface area contributed by atoms with Crippen LogP contribution < -0.4 is 14.8 Å². The van der Waals surface area contributed by atoms with Gasteiger partial charge in [-0.2, -0.15) is 5.26 Å². The quantitative estimate of drug-likeness (QED) is 0.562. The van der Waals surface area contributed by atoms with Gasteiger partial charge in [0.05, 0.1) is 24.8 Å². The maximum absolute atomic E-state index is 12.5. The maximum atomic E-state index is 12.5. The van der Waals surface area contributed by atoms with Crippen molar-refractivity contribution in [3.8, 4) is 17.6 Å². The van der Waals surface area contributed by atoms with Crippen LogP contribution in [0.25, 0.3) is 6.08 Å². The van der Waals surface area contributed by atoms with Crippen LogP contribution in [0.1, 0.15) is 31.0 Å². The van der Waals surface area contributed by atoms with Gasteiger partial charge in [0, 0.05) is 0 Å². The molecule has 1 atom stereocenters. The molecule has 6 heteroatoms. The molecule has 0 saturated heterocycles. The summed E-state index contributed by atoms with van der Waals surface area (Å²) in [6.07, 6.45) is 1.47. The highest BCUT2D eigenvalue weighted by Gasteiger charge is 2.15. The number of hydrogen-bond donors (Lipinski definition) is 1. The fourth-order valence-corrected chi connectivity index (χ4v) is 2.80. The molecule has 0 bridgehead atoms. The van der Waals surface area contributed by atoms with Gasteiger partial charge in [-0.25, -0.2) is 0 Å². The zero-order valence-corrected chi connectivity index (χ0v) is 16.2. The molecule has 0 aliphatic rings. The Morgan fingerprint density at radius 2 is 2.04 bits per heavy atom. The van der Waals surface area contributed by atoms with Crippen LogP contribution in [0, 0.1) is 11.3 Å². The van der Waals surface area contributed by atoms with Gasteiger partial charge in [-0.1, -0.05) is 41.9 Å². The Balaban J connectivity index is 2.26. The molecule has 0 heterocycles. The zero-order chi connectivity index (χ0) is 19.8. The third-order valence-corrected chi connectivity index (χ3v) is 4.14. The van der Waals surface area contributed by atoms with Gasteiger partial charge in [-0.15, -0.1) is 0 Å². The minimum Gasteiger partial charge on any atom is -0.493 e. The molecule has 0 aliphatic heterocycles. The Morgan fingerprint density at radius 3 is 2.63 bits per heavy atom. The van der Waals surface area contributed by atoms with Crippen LogP contribution in [0.3, 0.4) is 0 Å². The van der Waals surface area contributed by atoms with E-state index in [0.29, 0.717) is 28.7 Å². The number of nitrogens with zero attached hydrogens (tertiary/aromatic N) is 1. The summed E-state index contributed by atoms with van der Waals surface area (Å²) in [5.74, 6) is 0.406. The van der Waals surface area contributed by atoms with Crippen molar-refractivity contribution in [1.29, 1.82) is 5.26 Å². The summed E-state index contributed by atoms with van der Waals surface area (Å²) in [6.45, 7) is 4.14. The molecule has 0 saturated carbocycles. The van der Waals surface area contributed by atoms with Crippen LogP contribution in [0.2, 0.25) is 5.02 Å². The van der Waals surface area contributed by atoms with Crippen molar-refractivity contribution in [2.75, 3.05) is 13.7 Å². The minimum atomic E-state index is -0.460. The highest BCUT2D eigenvalue weighted by atomic mass is 35.5. The fraction of sp³-hybridized carbons (Fsp3) is 0.238. The van der Waals surface area contributed by atoms with E-state index in [1.807, 2.05) is 50.2 Å². The lowest BCUT2D eigenvalue weighted by Gasteiger charge is -2.14. The molecule has 27 heavy (non-hydrogen) atoms. The molecule has 0 aliphatic carbocycles. The summed E-state index contributed by atoms with van der Waals surface area (Å²) in [6, 6.07) is 14.5. The van der Waals surface area contributed by atoms with Crippen molar-refractivity contribution in [3.05, 3.63) is 64.2 Å². The van der Waals surface area contributed by atoms with Gasteiger partial charge < -0.3 is 14.8 Å². The predicted molar refractivity (Wildman–Crippen MR) is 106 cm³/mol. The largest absolute Gasteiger partial charge is 0.493 e. The number of carbonyl (C=O) groups is 1. The number of amides is 1. The number of nitrogens with one attached hydrogen (secondary N) is 1. The van der Waals surface area contributed by atoms with E-state index in [2.05, 4.69) is 5.32 Å². The van der Waals surface area contributed by atoms with E-state index in [1.54, 1.807) is 12.1 Å². The molecule has 0 spiro atoms. The van der Waals surface area contributed by atoms with Crippen LogP contribution in [-0.4, -0.2) is 19.6 Å². The Hall–Kier alpha value is -2.97. The topological polar surface area (TPSA) is 71.3 Å². The molecular formula is C21H21ClN2O3. The molecule has 5 nitrogen and oxygen atoms in total. The van der Waals surface area contributed by atoms with Gasteiger partial charge in [0.25, 0.3) is 5.91 Å². The third-order valence-electron chi connectivity index (χ3n) is 3.86. The minimum absolute atomic E-state index is 0.0277. The fourth-order valence-electron chi connectivity index (χ4n) is 2.52. The summed E-state index contributed by atoms with van der Waals surface area (Å²) < 4.78 is 10.8. The van der Waals surface area contributed by atoms with Crippen molar-refractivity contribution in [2.24, 2.45) is 0 Å². The van der Waals surface area contributed by atoms with Crippen LogP contribution >= 0.6 is 11.6 Å². The molecule has 1 N–H and O–H groups in total. The first-order valence-corrected chi connectivity index (χ1v) is 8.85. The smallest absolute Gasteiger partial charge is 0.262 e. The molecular weight excluding hydrogens is 364 g/mol. The van der Waals surface area contributed by atoms with Gasteiger partial charge in [0.1, 0.15) is 11.6 Å². The lowest BCUT2D eigenvalue weighted by atomic mass is 10.1. The van der Waals surface area contributed by atoms with Gasteiger partial charge in [0.15, 0.2) is 11.5 Å². The summed E-state index contributed by atoms with van der Waals surface area (Å²) >= 11 is 6.24. The number of carbonyl (C=O) groups excluding carboxylic acids is 1. The number of hydrogen-bond acceptors (Lipinski definition) is 4. The average molecular weight is 385 g/mol. The third kappa shape index (κ3) is 5.25. The van der Waals surface area contributed by atoms with E-state index in [0.717, 1.165) is 5.56 Å². The van der Waals surface area contributed by atoms with Crippen molar-refractivity contribution in [1.82, 2.24) is 5.32 Å². The van der Waals surface area contributed by atoms with Crippen LogP contribution in [-0.2, 0) is 4.79 Å². The monoisotopic (exact) mass is 384 g/mol. The number of methoxy groups -OCH3 is 1. The Labute approximate surface area is 164 Å². The zero-order valence-electron chi connectivity index (χ0n) is 15.5. The van der Waals surface area contributed by atoms with Crippen LogP contribution in [0.4, 0.5) is 0 Å². The summed E-state index contributed by atoms with van der Waals surface area (Å²) in [5, 5.41) is 12.6. The lowest BCUT2D eigenvalue weighted by molar-refractivity contribution is -0.117. The number of benzene rings is 2. The van der Waals surface area contributed by atoms with Crippen LogP contribution in [0.15, 0.2) is 48.0 Å². The first-order chi connectivity index (χ1) is 13.0. The first-order valence-electron chi connectivity index (χ1n) is 8.48. The molecule has 2 aromatic carbocycles. The Bertz CT molecular complexity index is 873. The van der Waals surface area contributed by atoms with E-state index < -0.39 is 5.91 Å². The normalized spacial score (nSPS) is 12.0. The van der Waals surface area contributed by atoms with Crippen molar-refractivity contribution < 1.29 is 14.3 Å².